The summed E-state index contributed by atoms with van der Waals surface area (Å²) in [6.07, 6.45) is 0. The number of hydrogen-bond donors (Lipinski definition) is 1. The second-order valence-corrected chi connectivity index (χ2v) is 7.82. The first-order chi connectivity index (χ1) is 16.4. The normalized spacial score (nSPS) is 17.1. The van der Waals surface area contributed by atoms with Crippen LogP contribution < -0.4 is 19.1 Å². The van der Waals surface area contributed by atoms with Crippen LogP contribution in [0.15, 0.2) is 72.3 Å². The van der Waals surface area contributed by atoms with Gasteiger partial charge in [-0.15, -0.1) is 0 Å². The van der Waals surface area contributed by atoms with E-state index in [0.29, 0.717) is 28.5 Å². The van der Waals surface area contributed by atoms with Crippen LogP contribution in [0.25, 0.3) is 5.76 Å². The van der Waals surface area contributed by atoms with Gasteiger partial charge in [-0.3, -0.25) is 14.5 Å². The van der Waals surface area contributed by atoms with Crippen LogP contribution >= 0.6 is 0 Å². The molecule has 1 unspecified atom stereocenters. The van der Waals surface area contributed by atoms with Crippen molar-refractivity contribution in [3.8, 4) is 17.2 Å². The number of aliphatic hydroxyl groups excluding tert-OH is 1. The lowest BCUT2D eigenvalue weighted by Crippen LogP contribution is -2.29. The summed E-state index contributed by atoms with van der Waals surface area (Å²) < 4.78 is 16.1. The molecule has 1 atom stereocenters. The number of anilines is 1. The lowest BCUT2D eigenvalue weighted by molar-refractivity contribution is -0.132. The number of Topliss-reactive ketones (excluding diaryl/α,β-unsaturated/α-hetero) is 1. The smallest absolute Gasteiger partial charge is 0.300 e. The van der Waals surface area contributed by atoms with E-state index in [4.69, 9.17) is 14.2 Å². The molecule has 1 aliphatic heterocycles. The summed E-state index contributed by atoms with van der Waals surface area (Å²) >= 11 is 0. The monoisotopic (exact) mass is 459 g/mol. The number of benzene rings is 3. The van der Waals surface area contributed by atoms with E-state index in [9.17, 15) is 14.7 Å². The Balaban J connectivity index is 1.99. The van der Waals surface area contributed by atoms with Crippen molar-refractivity contribution in [1.82, 2.24) is 0 Å². The van der Waals surface area contributed by atoms with Gasteiger partial charge < -0.3 is 19.3 Å². The molecule has 0 aliphatic carbocycles. The van der Waals surface area contributed by atoms with E-state index >= 15 is 0 Å². The van der Waals surface area contributed by atoms with Gasteiger partial charge in [0.1, 0.15) is 28.6 Å². The van der Waals surface area contributed by atoms with E-state index in [1.165, 1.54) is 19.1 Å². The molecule has 1 amide bonds. The van der Waals surface area contributed by atoms with Crippen molar-refractivity contribution in [2.75, 3.05) is 26.2 Å². The van der Waals surface area contributed by atoms with Gasteiger partial charge in [0.25, 0.3) is 11.7 Å². The van der Waals surface area contributed by atoms with Crippen LogP contribution in [0.4, 0.5) is 5.69 Å². The number of carbonyl (C=O) groups is 2. The maximum Gasteiger partial charge on any atom is 0.300 e. The summed E-state index contributed by atoms with van der Waals surface area (Å²) in [5, 5.41) is 11.5. The molecule has 1 saturated heterocycles. The van der Waals surface area contributed by atoms with Crippen LogP contribution in [0.5, 0.6) is 17.2 Å². The molecule has 0 aromatic heterocycles. The second-order valence-electron chi connectivity index (χ2n) is 7.82. The zero-order valence-electron chi connectivity index (χ0n) is 19.4. The van der Waals surface area contributed by atoms with Crippen molar-refractivity contribution >= 4 is 23.1 Å². The molecule has 3 aromatic carbocycles. The highest BCUT2D eigenvalue weighted by Crippen LogP contribution is 2.45. The second kappa shape index (κ2) is 9.31. The maximum atomic E-state index is 13.4. The number of aliphatic hydroxyl groups is 1. The predicted molar refractivity (Wildman–Crippen MR) is 129 cm³/mol. The molecular weight excluding hydrogens is 434 g/mol. The Morgan fingerprint density at radius 3 is 1.94 bits per heavy atom. The van der Waals surface area contributed by atoms with E-state index in [0.717, 1.165) is 5.56 Å². The molecule has 3 aromatic rings. The number of carbonyl (C=O) groups excluding carboxylic acids is 2. The van der Waals surface area contributed by atoms with Gasteiger partial charge in [0.2, 0.25) is 0 Å². The zero-order valence-corrected chi connectivity index (χ0v) is 19.4. The molecule has 34 heavy (non-hydrogen) atoms. The summed E-state index contributed by atoms with van der Waals surface area (Å²) in [5.41, 5.74) is 2.34. The molecule has 4 rings (SSSR count). The van der Waals surface area contributed by atoms with E-state index < -0.39 is 17.7 Å². The topological polar surface area (TPSA) is 85.3 Å². The zero-order chi connectivity index (χ0) is 24.4. The van der Waals surface area contributed by atoms with E-state index in [1.807, 2.05) is 19.1 Å². The molecule has 7 heteroatoms. The molecule has 1 fully saturated rings. The van der Waals surface area contributed by atoms with Crippen LogP contribution in [-0.4, -0.2) is 38.1 Å². The number of ketones is 1. The first-order valence-corrected chi connectivity index (χ1v) is 10.6. The fourth-order valence-electron chi connectivity index (χ4n) is 4.13. The lowest BCUT2D eigenvalue weighted by Gasteiger charge is -2.26. The SMILES string of the molecule is COc1ccc(C2/C(=C(\O)c3c(OC)cccc3OC)C(=O)C(=O)N2c2ccc(C)cc2)cc1. The molecular formula is C27H25NO6. The van der Waals surface area contributed by atoms with Crippen LogP contribution in [0, 0.1) is 6.92 Å². The Hall–Kier alpha value is -4.26. The maximum absolute atomic E-state index is 13.4. The van der Waals surface area contributed by atoms with Crippen molar-refractivity contribution in [1.29, 1.82) is 0 Å². The Bertz CT molecular complexity index is 1240. The molecule has 0 radical (unpaired) electrons. The van der Waals surface area contributed by atoms with Crippen molar-refractivity contribution in [2.24, 2.45) is 0 Å². The van der Waals surface area contributed by atoms with Gasteiger partial charge >= 0.3 is 0 Å². The number of ether oxygens (including phenoxy) is 3. The number of methoxy groups -OCH3 is 3. The molecule has 174 valence electrons. The van der Waals surface area contributed by atoms with Crippen molar-refractivity contribution in [3.05, 3.63) is 89.0 Å². The number of aryl methyl sites for hydroxylation is 1. The Kier molecular flexibility index (Phi) is 6.27. The Labute approximate surface area is 197 Å². The van der Waals surface area contributed by atoms with Crippen molar-refractivity contribution in [3.63, 3.8) is 0 Å². The number of hydrogen-bond acceptors (Lipinski definition) is 6. The summed E-state index contributed by atoms with van der Waals surface area (Å²) in [5.74, 6) is -0.656. The summed E-state index contributed by atoms with van der Waals surface area (Å²) in [7, 11) is 4.47. The van der Waals surface area contributed by atoms with Crippen LogP contribution in [0.2, 0.25) is 0 Å². The first-order valence-electron chi connectivity index (χ1n) is 10.6. The average molecular weight is 459 g/mol. The van der Waals surface area contributed by atoms with Crippen molar-refractivity contribution in [2.45, 2.75) is 13.0 Å². The number of amides is 1. The number of nitrogens with zero attached hydrogens (tertiary/aromatic N) is 1. The minimum atomic E-state index is -0.872. The highest BCUT2D eigenvalue weighted by atomic mass is 16.5. The van der Waals surface area contributed by atoms with Gasteiger partial charge in [0.15, 0.2) is 0 Å². The predicted octanol–water partition coefficient (Wildman–Crippen LogP) is 4.65. The van der Waals surface area contributed by atoms with Crippen molar-refractivity contribution < 1.29 is 28.9 Å². The van der Waals surface area contributed by atoms with Gasteiger partial charge in [-0.25, -0.2) is 0 Å². The van der Waals surface area contributed by atoms with Gasteiger partial charge in [-0.05, 0) is 48.9 Å². The molecule has 1 heterocycles. The first kappa shape index (κ1) is 22.9. The molecule has 0 bridgehead atoms. The standard InChI is InChI=1S/C27H25NO6/c1-16-8-12-18(13-9-16)28-24(17-10-14-19(32-2)15-11-17)23(26(30)27(28)31)25(29)22-20(33-3)6-5-7-21(22)34-4/h5-15,24,29H,1-4H3/b25-23+. The lowest BCUT2D eigenvalue weighted by atomic mass is 9.94. The summed E-state index contributed by atoms with van der Waals surface area (Å²) in [6.45, 7) is 1.94. The summed E-state index contributed by atoms with van der Waals surface area (Å²) in [6, 6.07) is 18.4. The Morgan fingerprint density at radius 1 is 0.824 bits per heavy atom. The van der Waals surface area contributed by atoms with E-state index in [-0.39, 0.29) is 16.9 Å². The minimum absolute atomic E-state index is 0.0569. The largest absolute Gasteiger partial charge is 0.506 e. The van der Waals surface area contributed by atoms with Crippen LogP contribution in [0.3, 0.4) is 0 Å². The molecule has 7 nitrogen and oxygen atoms in total. The highest BCUT2D eigenvalue weighted by Gasteiger charge is 2.47. The fraction of sp³-hybridized carbons (Fsp3) is 0.185. The van der Waals surface area contributed by atoms with Gasteiger partial charge in [0, 0.05) is 5.69 Å². The van der Waals surface area contributed by atoms with E-state index in [2.05, 4.69) is 0 Å². The van der Waals surface area contributed by atoms with Crippen LogP contribution in [0.1, 0.15) is 22.7 Å². The molecule has 0 saturated carbocycles. The number of rotatable bonds is 6. The third-order valence-electron chi connectivity index (χ3n) is 5.85. The quantitative estimate of drug-likeness (QED) is 0.328. The van der Waals surface area contributed by atoms with Crippen LogP contribution in [-0.2, 0) is 9.59 Å². The third kappa shape index (κ3) is 3.85. The average Bonchev–Trinajstić information content (AvgIpc) is 3.13. The fourth-order valence-corrected chi connectivity index (χ4v) is 4.13. The van der Waals surface area contributed by atoms with Gasteiger partial charge in [0.05, 0.1) is 32.9 Å². The minimum Gasteiger partial charge on any atom is -0.506 e. The van der Waals surface area contributed by atoms with Gasteiger partial charge in [-0.2, -0.15) is 0 Å². The van der Waals surface area contributed by atoms with E-state index in [1.54, 1.807) is 61.7 Å². The van der Waals surface area contributed by atoms with Gasteiger partial charge in [-0.1, -0.05) is 35.9 Å². The molecule has 1 aliphatic rings. The summed E-state index contributed by atoms with van der Waals surface area (Å²) in [4.78, 5) is 28.1. The Morgan fingerprint density at radius 2 is 1.41 bits per heavy atom. The molecule has 0 spiro atoms. The third-order valence-corrected chi connectivity index (χ3v) is 5.85. The highest BCUT2D eigenvalue weighted by molar-refractivity contribution is 6.51. The molecule has 1 N–H and O–H groups in total.